The van der Waals surface area contributed by atoms with Gasteiger partial charge in [-0.3, -0.25) is 0 Å². The maximum atomic E-state index is 6.29. The van der Waals surface area contributed by atoms with Gasteiger partial charge in [-0.15, -0.1) is 0 Å². The fraction of sp³-hybridized carbons (Fsp3) is 0.429. The summed E-state index contributed by atoms with van der Waals surface area (Å²) in [5, 5.41) is 0.340. The van der Waals surface area contributed by atoms with Crippen molar-refractivity contribution in [3.05, 3.63) is 36.0 Å². The molecule has 1 aliphatic rings. The van der Waals surface area contributed by atoms with Gasteiger partial charge in [-0.05, 0) is 39.8 Å². The fourth-order valence-electron chi connectivity index (χ4n) is 2.21. The molecule has 5 nitrogen and oxygen atoms in total. The van der Waals surface area contributed by atoms with Gasteiger partial charge in [0.05, 0.1) is 16.7 Å². The summed E-state index contributed by atoms with van der Waals surface area (Å²) >= 11 is 6.29. The van der Waals surface area contributed by atoms with Crippen molar-refractivity contribution in [1.29, 1.82) is 0 Å². The Morgan fingerprint density at radius 3 is 2.19 bits per heavy atom. The van der Waals surface area contributed by atoms with Gasteiger partial charge in [0.1, 0.15) is 17.3 Å². The van der Waals surface area contributed by atoms with E-state index in [-0.39, 0.29) is 0 Å². The SMILES string of the molecule is CC1(C)OB(c2c(Cl)ncnc2-n2cccc2)OC1(C)C. The molecule has 3 heterocycles. The number of aromatic nitrogens is 3. The van der Waals surface area contributed by atoms with Crippen LogP contribution in [0.5, 0.6) is 0 Å². The summed E-state index contributed by atoms with van der Waals surface area (Å²) in [6.07, 6.45) is 5.23. The van der Waals surface area contributed by atoms with Gasteiger partial charge in [-0.25, -0.2) is 9.97 Å². The Bertz CT molecular complexity index is 642. The second kappa shape index (κ2) is 4.83. The lowest BCUT2D eigenvalue weighted by molar-refractivity contribution is 0.00578. The molecule has 0 amide bonds. The van der Waals surface area contributed by atoms with E-state index in [4.69, 9.17) is 20.9 Å². The van der Waals surface area contributed by atoms with Gasteiger partial charge < -0.3 is 13.9 Å². The smallest absolute Gasteiger partial charge is 0.399 e. The molecule has 0 spiro atoms. The molecule has 0 aromatic carbocycles. The molecule has 0 N–H and O–H groups in total. The summed E-state index contributed by atoms with van der Waals surface area (Å²) in [5.41, 5.74) is -0.232. The second-order valence-corrected chi connectivity index (χ2v) is 6.44. The summed E-state index contributed by atoms with van der Waals surface area (Å²) in [7, 11) is -0.596. The molecule has 2 aromatic rings. The van der Waals surface area contributed by atoms with Crippen LogP contribution in [0.1, 0.15) is 27.7 Å². The van der Waals surface area contributed by atoms with Crippen molar-refractivity contribution in [2.24, 2.45) is 0 Å². The van der Waals surface area contributed by atoms with Crippen molar-refractivity contribution in [3.8, 4) is 5.82 Å². The molecule has 110 valence electrons. The predicted molar refractivity (Wildman–Crippen MR) is 82.1 cm³/mol. The standard InChI is InChI=1S/C14H17BClN3O2/c1-13(2)14(3,4)21-15(20-13)10-11(16)17-9-18-12(10)19-7-5-6-8-19/h5-9H,1-4H3. The van der Waals surface area contributed by atoms with E-state index < -0.39 is 18.3 Å². The summed E-state index contributed by atoms with van der Waals surface area (Å²) in [5.74, 6) is 0.665. The minimum Gasteiger partial charge on any atom is -0.399 e. The molecule has 0 saturated carbocycles. The molecule has 2 aromatic heterocycles. The minimum absolute atomic E-state index is 0.340. The second-order valence-electron chi connectivity index (χ2n) is 6.08. The van der Waals surface area contributed by atoms with Crippen LogP contribution in [0.15, 0.2) is 30.9 Å². The number of hydrogen-bond acceptors (Lipinski definition) is 4. The monoisotopic (exact) mass is 305 g/mol. The van der Waals surface area contributed by atoms with E-state index in [0.29, 0.717) is 16.4 Å². The lowest BCUT2D eigenvalue weighted by Crippen LogP contribution is -2.41. The van der Waals surface area contributed by atoms with Crippen LogP contribution in [0.25, 0.3) is 5.82 Å². The molecule has 0 bridgehead atoms. The molecule has 0 unspecified atom stereocenters. The summed E-state index contributed by atoms with van der Waals surface area (Å²) in [4.78, 5) is 8.40. The van der Waals surface area contributed by atoms with Crippen LogP contribution in [-0.2, 0) is 9.31 Å². The first-order chi connectivity index (χ1) is 9.82. The zero-order valence-electron chi connectivity index (χ0n) is 12.5. The topological polar surface area (TPSA) is 49.2 Å². The number of halogens is 1. The van der Waals surface area contributed by atoms with E-state index in [1.165, 1.54) is 6.33 Å². The summed E-state index contributed by atoms with van der Waals surface area (Å²) in [6, 6.07) is 3.84. The molecule has 0 atom stereocenters. The highest BCUT2D eigenvalue weighted by atomic mass is 35.5. The van der Waals surface area contributed by atoms with E-state index in [1.807, 2.05) is 56.8 Å². The van der Waals surface area contributed by atoms with Crippen LogP contribution in [0, 0.1) is 0 Å². The molecule has 1 saturated heterocycles. The van der Waals surface area contributed by atoms with Crippen LogP contribution >= 0.6 is 11.6 Å². The van der Waals surface area contributed by atoms with E-state index in [1.54, 1.807) is 0 Å². The quantitative estimate of drug-likeness (QED) is 0.630. The Balaban J connectivity index is 2.08. The van der Waals surface area contributed by atoms with Crippen LogP contribution in [0.3, 0.4) is 0 Å². The molecule has 7 heteroatoms. The molecule has 21 heavy (non-hydrogen) atoms. The van der Waals surface area contributed by atoms with Crippen molar-refractivity contribution in [2.45, 2.75) is 38.9 Å². The predicted octanol–water partition coefficient (Wildman–Crippen LogP) is 2.22. The first-order valence-corrected chi connectivity index (χ1v) is 7.19. The molecule has 0 aliphatic carbocycles. The summed E-state index contributed by atoms with van der Waals surface area (Å²) < 4.78 is 14.0. The molecule has 3 rings (SSSR count). The van der Waals surface area contributed by atoms with Crippen LogP contribution < -0.4 is 5.46 Å². The minimum atomic E-state index is -0.596. The van der Waals surface area contributed by atoms with Gasteiger partial charge >= 0.3 is 7.12 Å². The van der Waals surface area contributed by atoms with Gasteiger partial charge in [0.15, 0.2) is 0 Å². The fourth-order valence-corrected chi connectivity index (χ4v) is 2.43. The van der Waals surface area contributed by atoms with Crippen molar-refractivity contribution < 1.29 is 9.31 Å². The largest absolute Gasteiger partial charge is 0.501 e. The third-order valence-electron chi connectivity index (χ3n) is 4.15. The Labute approximate surface area is 129 Å². The third-order valence-corrected chi connectivity index (χ3v) is 4.45. The zero-order valence-corrected chi connectivity index (χ0v) is 13.3. The van der Waals surface area contributed by atoms with Crippen molar-refractivity contribution in [3.63, 3.8) is 0 Å². The molecular formula is C14H17BClN3O2. The number of hydrogen-bond donors (Lipinski definition) is 0. The molecular weight excluding hydrogens is 288 g/mol. The Hall–Kier alpha value is -1.37. The lowest BCUT2D eigenvalue weighted by Gasteiger charge is -2.32. The normalized spacial score (nSPS) is 20.0. The van der Waals surface area contributed by atoms with Gasteiger partial charge in [0.25, 0.3) is 0 Å². The van der Waals surface area contributed by atoms with Crippen LogP contribution in [-0.4, -0.2) is 32.9 Å². The average Bonchev–Trinajstić information content (AvgIpc) is 2.96. The van der Waals surface area contributed by atoms with E-state index >= 15 is 0 Å². The molecule has 1 fully saturated rings. The number of rotatable bonds is 2. The van der Waals surface area contributed by atoms with Gasteiger partial charge in [0.2, 0.25) is 0 Å². The van der Waals surface area contributed by atoms with Crippen molar-refractivity contribution >= 4 is 24.2 Å². The maximum absolute atomic E-state index is 6.29. The lowest BCUT2D eigenvalue weighted by atomic mass is 9.80. The molecule has 0 radical (unpaired) electrons. The van der Waals surface area contributed by atoms with E-state index in [0.717, 1.165) is 0 Å². The first-order valence-electron chi connectivity index (χ1n) is 6.81. The zero-order chi connectivity index (χ0) is 15.3. The molecule has 1 aliphatic heterocycles. The maximum Gasteiger partial charge on any atom is 0.501 e. The average molecular weight is 306 g/mol. The van der Waals surface area contributed by atoms with Crippen LogP contribution in [0.2, 0.25) is 5.15 Å². The highest BCUT2D eigenvalue weighted by Crippen LogP contribution is 2.37. The Morgan fingerprint density at radius 2 is 1.62 bits per heavy atom. The highest BCUT2D eigenvalue weighted by molar-refractivity contribution is 6.66. The number of nitrogens with zero attached hydrogens (tertiary/aromatic N) is 3. The van der Waals surface area contributed by atoms with Gasteiger partial charge in [-0.1, -0.05) is 11.6 Å². The van der Waals surface area contributed by atoms with E-state index in [9.17, 15) is 0 Å². The van der Waals surface area contributed by atoms with Gasteiger partial charge in [-0.2, -0.15) is 0 Å². The summed E-state index contributed by atoms with van der Waals surface area (Å²) in [6.45, 7) is 8.00. The van der Waals surface area contributed by atoms with Gasteiger partial charge in [0, 0.05) is 12.4 Å². The van der Waals surface area contributed by atoms with E-state index in [2.05, 4.69) is 9.97 Å². The highest BCUT2D eigenvalue weighted by Gasteiger charge is 2.53. The van der Waals surface area contributed by atoms with Crippen molar-refractivity contribution in [1.82, 2.24) is 14.5 Å². The first kappa shape index (κ1) is 14.6. The Morgan fingerprint density at radius 1 is 1.05 bits per heavy atom. The van der Waals surface area contributed by atoms with Crippen molar-refractivity contribution in [2.75, 3.05) is 0 Å². The van der Waals surface area contributed by atoms with Crippen LogP contribution in [0.4, 0.5) is 0 Å². The Kier molecular flexibility index (Phi) is 3.35. The third kappa shape index (κ3) is 2.37.